The largest absolute Gasteiger partial charge is 0.342 e. The van der Waals surface area contributed by atoms with Gasteiger partial charge < -0.3 is 9.88 Å². The topological polar surface area (TPSA) is 79.0 Å². The molecule has 0 unspecified atom stereocenters. The highest BCUT2D eigenvalue weighted by Gasteiger charge is 2.25. The fourth-order valence-corrected chi connectivity index (χ4v) is 4.24. The third-order valence-corrected chi connectivity index (χ3v) is 5.88. The first kappa shape index (κ1) is 18.6. The van der Waals surface area contributed by atoms with Crippen LogP contribution in [0.25, 0.3) is 10.7 Å². The van der Waals surface area contributed by atoms with E-state index in [9.17, 15) is 9.59 Å². The van der Waals surface area contributed by atoms with Gasteiger partial charge in [-0.3, -0.25) is 9.59 Å². The van der Waals surface area contributed by atoms with E-state index in [1.54, 1.807) is 6.20 Å². The van der Waals surface area contributed by atoms with E-state index in [2.05, 4.69) is 21.0 Å². The van der Waals surface area contributed by atoms with Crippen LogP contribution >= 0.6 is 11.3 Å². The van der Waals surface area contributed by atoms with E-state index in [1.165, 1.54) is 23.0 Å². The zero-order valence-electron chi connectivity index (χ0n) is 15.7. The first-order valence-electron chi connectivity index (χ1n) is 9.43. The van der Waals surface area contributed by atoms with Crippen LogP contribution in [0.1, 0.15) is 35.7 Å². The number of thiazole rings is 1. The number of piperidine rings is 1. The molecular formula is C21H22N4O2S. The van der Waals surface area contributed by atoms with Gasteiger partial charge in [-0.2, -0.15) is 0 Å². The lowest BCUT2D eigenvalue weighted by Crippen LogP contribution is -2.39. The molecule has 6 nitrogen and oxygen atoms in total. The van der Waals surface area contributed by atoms with E-state index < -0.39 is 0 Å². The van der Waals surface area contributed by atoms with Crippen LogP contribution in [0.5, 0.6) is 0 Å². The molecule has 28 heavy (non-hydrogen) atoms. The van der Waals surface area contributed by atoms with Crippen molar-refractivity contribution < 1.29 is 4.79 Å². The standard InChI is InChI=1S/C21H22N4O2S/c1-14-3-2-4-15(11-14)12-19(27)25-8-5-16(6-9-25)20-23-17(13-18(26)24-20)21-22-7-10-28-21/h2-4,7,10-11,13,16H,5-6,8-9,12H2,1H3,(H,23,24,26). The van der Waals surface area contributed by atoms with Crippen molar-refractivity contribution in [2.75, 3.05) is 13.1 Å². The number of aromatic amines is 1. The Kier molecular flexibility index (Phi) is 5.34. The maximum absolute atomic E-state index is 12.6. The minimum Gasteiger partial charge on any atom is -0.342 e. The highest BCUT2D eigenvalue weighted by Crippen LogP contribution is 2.27. The molecule has 0 radical (unpaired) electrons. The quantitative estimate of drug-likeness (QED) is 0.737. The Hall–Kier alpha value is -2.80. The van der Waals surface area contributed by atoms with Gasteiger partial charge in [-0.1, -0.05) is 29.8 Å². The number of carbonyl (C=O) groups excluding carboxylic acids is 1. The molecule has 3 aromatic rings. The van der Waals surface area contributed by atoms with Crippen LogP contribution in [-0.2, 0) is 11.2 Å². The Morgan fingerprint density at radius 2 is 2.11 bits per heavy atom. The fourth-order valence-electron chi connectivity index (χ4n) is 3.64. The molecule has 1 aromatic carbocycles. The maximum Gasteiger partial charge on any atom is 0.251 e. The van der Waals surface area contributed by atoms with E-state index in [4.69, 9.17) is 0 Å². The molecule has 1 amide bonds. The molecule has 1 N–H and O–H groups in total. The average Bonchev–Trinajstić information content (AvgIpc) is 3.22. The third kappa shape index (κ3) is 4.20. The van der Waals surface area contributed by atoms with Crippen molar-refractivity contribution in [1.82, 2.24) is 19.9 Å². The molecular weight excluding hydrogens is 372 g/mol. The molecule has 0 aliphatic carbocycles. The molecule has 2 aromatic heterocycles. The van der Waals surface area contributed by atoms with Crippen molar-refractivity contribution in [3.8, 4) is 10.7 Å². The van der Waals surface area contributed by atoms with E-state index in [0.29, 0.717) is 31.0 Å². The second-order valence-electron chi connectivity index (χ2n) is 7.17. The highest BCUT2D eigenvalue weighted by molar-refractivity contribution is 7.13. The van der Waals surface area contributed by atoms with Crippen LogP contribution in [0.2, 0.25) is 0 Å². The van der Waals surface area contributed by atoms with Gasteiger partial charge >= 0.3 is 0 Å². The average molecular weight is 395 g/mol. The molecule has 3 heterocycles. The molecule has 144 valence electrons. The predicted octanol–water partition coefficient (Wildman–Crippen LogP) is 3.15. The van der Waals surface area contributed by atoms with Crippen molar-refractivity contribution in [3.05, 3.63) is 69.2 Å². The molecule has 1 aliphatic heterocycles. The van der Waals surface area contributed by atoms with E-state index in [0.717, 1.165) is 23.4 Å². The Labute approximate surface area is 167 Å². The van der Waals surface area contributed by atoms with Gasteiger partial charge in [0.05, 0.1) is 6.42 Å². The number of benzene rings is 1. The number of carbonyl (C=O) groups is 1. The SMILES string of the molecule is Cc1cccc(CC(=O)N2CCC(c3nc(-c4nccs4)cc(=O)[nH]3)CC2)c1. The summed E-state index contributed by atoms with van der Waals surface area (Å²) in [6, 6.07) is 9.57. The zero-order chi connectivity index (χ0) is 19.5. The lowest BCUT2D eigenvalue weighted by molar-refractivity contribution is -0.131. The highest BCUT2D eigenvalue weighted by atomic mass is 32.1. The number of aryl methyl sites for hydroxylation is 1. The Morgan fingerprint density at radius 3 is 2.82 bits per heavy atom. The lowest BCUT2D eigenvalue weighted by atomic mass is 9.95. The van der Waals surface area contributed by atoms with Gasteiger partial charge in [-0.05, 0) is 25.3 Å². The molecule has 1 fully saturated rings. The van der Waals surface area contributed by atoms with Gasteiger partial charge in [0.1, 0.15) is 16.5 Å². The van der Waals surface area contributed by atoms with E-state index in [1.807, 2.05) is 35.4 Å². The summed E-state index contributed by atoms with van der Waals surface area (Å²) in [5.74, 6) is 1.00. The molecule has 4 rings (SSSR count). The first-order chi connectivity index (χ1) is 13.6. The Balaban J connectivity index is 1.41. The molecule has 0 saturated carbocycles. The van der Waals surface area contributed by atoms with Gasteiger partial charge in [0, 0.05) is 36.7 Å². The Bertz CT molecular complexity index is 1020. The summed E-state index contributed by atoms with van der Waals surface area (Å²) in [5, 5.41) is 2.62. The van der Waals surface area contributed by atoms with Crippen molar-refractivity contribution in [3.63, 3.8) is 0 Å². The summed E-state index contributed by atoms with van der Waals surface area (Å²) in [7, 11) is 0. The number of hydrogen-bond acceptors (Lipinski definition) is 5. The number of nitrogens with zero attached hydrogens (tertiary/aromatic N) is 3. The van der Waals surface area contributed by atoms with Crippen LogP contribution in [0.3, 0.4) is 0 Å². The minimum absolute atomic E-state index is 0.149. The number of H-pyrrole nitrogens is 1. The molecule has 0 atom stereocenters. The summed E-state index contributed by atoms with van der Waals surface area (Å²) in [6.45, 7) is 3.40. The molecule has 0 spiro atoms. The van der Waals surface area contributed by atoms with Crippen molar-refractivity contribution in [2.24, 2.45) is 0 Å². The first-order valence-corrected chi connectivity index (χ1v) is 10.3. The third-order valence-electron chi connectivity index (χ3n) is 5.08. The number of rotatable bonds is 4. The van der Waals surface area contributed by atoms with Gasteiger partial charge in [0.15, 0.2) is 0 Å². The van der Waals surface area contributed by atoms with Crippen molar-refractivity contribution in [2.45, 2.75) is 32.1 Å². The van der Waals surface area contributed by atoms with Crippen LogP contribution in [0, 0.1) is 6.92 Å². The van der Waals surface area contributed by atoms with Crippen LogP contribution in [0.4, 0.5) is 0 Å². The number of amides is 1. The van der Waals surface area contributed by atoms with Crippen LogP contribution < -0.4 is 5.56 Å². The minimum atomic E-state index is -0.159. The molecule has 1 saturated heterocycles. The second-order valence-corrected chi connectivity index (χ2v) is 8.07. The van der Waals surface area contributed by atoms with Gasteiger partial charge in [0.25, 0.3) is 5.56 Å². The summed E-state index contributed by atoms with van der Waals surface area (Å²) in [6.07, 6.45) is 3.73. The molecule has 0 bridgehead atoms. The zero-order valence-corrected chi connectivity index (χ0v) is 16.5. The second kappa shape index (κ2) is 8.06. The summed E-state index contributed by atoms with van der Waals surface area (Å²) in [4.78, 5) is 38.4. The monoisotopic (exact) mass is 394 g/mol. The number of hydrogen-bond donors (Lipinski definition) is 1. The number of likely N-dealkylation sites (tertiary alicyclic amines) is 1. The van der Waals surface area contributed by atoms with Gasteiger partial charge in [-0.15, -0.1) is 11.3 Å². The van der Waals surface area contributed by atoms with Gasteiger partial charge in [-0.25, -0.2) is 9.97 Å². The lowest BCUT2D eigenvalue weighted by Gasteiger charge is -2.31. The van der Waals surface area contributed by atoms with Crippen LogP contribution in [0.15, 0.2) is 46.7 Å². The van der Waals surface area contributed by atoms with Crippen molar-refractivity contribution >= 4 is 17.2 Å². The summed E-state index contributed by atoms with van der Waals surface area (Å²) < 4.78 is 0. The summed E-state index contributed by atoms with van der Waals surface area (Å²) >= 11 is 1.47. The molecule has 1 aliphatic rings. The normalized spacial score (nSPS) is 15.0. The van der Waals surface area contributed by atoms with Crippen LogP contribution in [-0.4, -0.2) is 38.8 Å². The predicted molar refractivity (Wildman–Crippen MR) is 109 cm³/mol. The maximum atomic E-state index is 12.6. The smallest absolute Gasteiger partial charge is 0.251 e. The van der Waals surface area contributed by atoms with E-state index in [-0.39, 0.29) is 17.4 Å². The number of aromatic nitrogens is 3. The Morgan fingerprint density at radius 1 is 1.29 bits per heavy atom. The van der Waals surface area contributed by atoms with Crippen molar-refractivity contribution in [1.29, 1.82) is 0 Å². The summed E-state index contributed by atoms with van der Waals surface area (Å²) in [5.41, 5.74) is 2.67. The van der Waals surface area contributed by atoms with Gasteiger partial charge in [0.2, 0.25) is 5.91 Å². The molecule has 7 heteroatoms. The van der Waals surface area contributed by atoms with E-state index >= 15 is 0 Å². The fraction of sp³-hybridized carbons (Fsp3) is 0.333. The number of nitrogens with one attached hydrogen (secondary N) is 1.